The molecule has 1 unspecified atom stereocenters. The Hall–Kier alpha value is -1.22. The Bertz CT molecular complexity index is 326. The molecule has 90 valence electrons. The standard InChI is InChI=1S/C13H21NO2/c1-10-5-6-13(16-4)12(7-10)14-8-11(2)9-15-3/h5-7,11,14H,8-9H2,1-4H3. The predicted molar refractivity (Wildman–Crippen MR) is 67.3 cm³/mol. The molecule has 0 aliphatic rings. The molecule has 0 aromatic heterocycles. The van der Waals surface area contributed by atoms with Crippen LogP contribution >= 0.6 is 0 Å². The van der Waals surface area contributed by atoms with Crippen molar-refractivity contribution in [3.63, 3.8) is 0 Å². The molecule has 1 aromatic rings. The number of benzene rings is 1. The van der Waals surface area contributed by atoms with Gasteiger partial charge in [0.2, 0.25) is 0 Å². The van der Waals surface area contributed by atoms with Crippen molar-refractivity contribution in [2.45, 2.75) is 13.8 Å². The second-order valence-electron chi connectivity index (χ2n) is 4.15. The van der Waals surface area contributed by atoms with Crippen molar-refractivity contribution in [3.05, 3.63) is 23.8 Å². The van der Waals surface area contributed by atoms with Gasteiger partial charge < -0.3 is 14.8 Å². The second-order valence-corrected chi connectivity index (χ2v) is 4.15. The molecule has 0 aliphatic carbocycles. The number of rotatable bonds is 6. The summed E-state index contributed by atoms with van der Waals surface area (Å²) in [4.78, 5) is 0. The van der Waals surface area contributed by atoms with Gasteiger partial charge in [0, 0.05) is 13.7 Å². The first kappa shape index (κ1) is 12.8. The van der Waals surface area contributed by atoms with E-state index >= 15 is 0 Å². The Kier molecular flexibility index (Phi) is 5.12. The first-order chi connectivity index (χ1) is 7.67. The fourth-order valence-corrected chi connectivity index (χ4v) is 1.59. The summed E-state index contributed by atoms with van der Waals surface area (Å²) < 4.78 is 10.4. The van der Waals surface area contributed by atoms with E-state index in [1.54, 1.807) is 14.2 Å². The van der Waals surface area contributed by atoms with E-state index in [0.717, 1.165) is 24.6 Å². The summed E-state index contributed by atoms with van der Waals surface area (Å²) in [6.07, 6.45) is 0. The lowest BCUT2D eigenvalue weighted by atomic mass is 10.1. The number of hydrogen-bond donors (Lipinski definition) is 1. The Labute approximate surface area is 97.8 Å². The van der Waals surface area contributed by atoms with Crippen LogP contribution in [0.3, 0.4) is 0 Å². The summed E-state index contributed by atoms with van der Waals surface area (Å²) in [5, 5.41) is 3.38. The summed E-state index contributed by atoms with van der Waals surface area (Å²) in [5.74, 6) is 1.37. The van der Waals surface area contributed by atoms with Gasteiger partial charge in [-0.15, -0.1) is 0 Å². The van der Waals surface area contributed by atoms with Crippen LogP contribution in [0.1, 0.15) is 12.5 Å². The van der Waals surface area contributed by atoms with Gasteiger partial charge in [0.25, 0.3) is 0 Å². The van der Waals surface area contributed by atoms with E-state index in [1.807, 2.05) is 12.1 Å². The monoisotopic (exact) mass is 223 g/mol. The zero-order chi connectivity index (χ0) is 12.0. The second kappa shape index (κ2) is 6.38. The van der Waals surface area contributed by atoms with E-state index in [0.29, 0.717) is 5.92 Å². The van der Waals surface area contributed by atoms with Crippen LogP contribution in [0.15, 0.2) is 18.2 Å². The molecule has 0 heterocycles. The highest BCUT2D eigenvalue weighted by atomic mass is 16.5. The van der Waals surface area contributed by atoms with Crippen molar-refractivity contribution in [3.8, 4) is 5.75 Å². The van der Waals surface area contributed by atoms with Gasteiger partial charge in [0.05, 0.1) is 19.4 Å². The maximum atomic E-state index is 5.30. The molecule has 1 atom stereocenters. The van der Waals surface area contributed by atoms with E-state index in [2.05, 4.69) is 25.2 Å². The van der Waals surface area contributed by atoms with Gasteiger partial charge in [-0.05, 0) is 30.5 Å². The predicted octanol–water partition coefficient (Wildman–Crippen LogP) is 2.70. The number of aryl methyl sites for hydroxylation is 1. The molecule has 3 heteroatoms. The molecule has 0 spiro atoms. The minimum atomic E-state index is 0.482. The largest absolute Gasteiger partial charge is 0.495 e. The van der Waals surface area contributed by atoms with E-state index in [1.165, 1.54) is 5.56 Å². The first-order valence-electron chi connectivity index (χ1n) is 5.54. The molecule has 0 radical (unpaired) electrons. The van der Waals surface area contributed by atoms with Gasteiger partial charge in [-0.1, -0.05) is 13.0 Å². The smallest absolute Gasteiger partial charge is 0.141 e. The highest BCUT2D eigenvalue weighted by Crippen LogP contribution is 2.25. The van der Waals surface area contributed by atoms with Crippen LogP contribution < -0.4 is 10.1 Å². The third-order valence-electron chi connectivity index (χ3n) is 2.45. The van der Waals surface area contributed by atoms with E-state index in [4.69, 9.17) is 9.47 Å². The number of ether oxygens (including phenoxy) is 2. The van der Waals surface area contributed by atoms with Gasteiger partial charge in [-0.25, -0.2) is 0 Å². The van der Waals surface area contributed by atoms with Crippen molar-refractivity contribution < 1.29 is 9.47 Å². The minimum Gasteiger partial charge on any atom is -0.495 e. The van der Waals surface area contributed by atoms with Gasteiger partial charge in [-0.2, -0.15) is 0 Å². The number of nitrogens with one attached hydrogen (secondary N) is 1. The molecule has 1 N–H and O–H groups in total. The zero-order valence-corrected chi connectivity index (χ0v) is 10.5. The summed E-state index contributed by atoms with van der Waals surface area (Å²) in [7, 11) is 3.41. The van der Waals surface area contributed by atoms with Crippen molar-refractivity contribution >= 4 is 5.69 Å². The maximum Gasteiger partial charge on any atom is 0.141 e. The van der Waals surface area contributed by atoms with Crippen LogP contribution in [0.5, 0.6) is 5.75 Å². The Morgan fingerprint density at radius 1 is 1.31 bits per heavy atom. The van der Waals surface area contributed by atoms with Crippen molar-refractivity contribution in [2.24, 2.45) is 5.92 Å². The summed E-state index contributed by atoms with van der Waals surface area (Å²) >= 11 is 0. The van der Waals surface area contributed by atoms with Gasteiger partial charge in [-0.3, -0.25) is 0 Å². The van der Waals surface area contributed by atoms with Crippen molar-refractivity contribution in [2.75, 3.05) is 32.7 Å². The van der Waals surface area contributed by atoms with Crippen LogP contribution in [0, 0.1) is 12.8 Å². The molecule has 1 rings (SSSR count). The fraction of sp³-hybridized carbons (Fsp3) is 0.538. The summed E-state index contributed by atoms with van der Waals surface area (Å²) in [6.45, 7) is 5.87. The van der Waals surface area contributed by atoms with Crippen molar-refractivity contribution in [1.29, 1.82) is 0 Å². The molecule has 0 saturated heterocycles. The van der Waals surface area contributed by atoms with Crippen LogP contribution in [-0.2, 0) is 4.74 Å². The van der Waals surface area contributed by atoms with Crippen LogP contribution in [0.4, 0.5) is 5.69 Å². The number of anilines is 1. The number of methoxy groups -OCH3 is 2. The lowest BCUT2D eigenvalue weighted by molar-refractivity contribution is 0.164. The van der Waals surface area contributed by atoms with Crippen LogP contribution in [0.25, 0.3) is 0 Å². The van der Waals surface area contributed by atoms with E-state index < -0.39 is 0 Å². The highest BCUT2D eigenvalue weighted by molar-refractivity contribution is 5.57. The van der Waals surface area contributed by atoms with E-state index in [-0.39, 0.29) is 0 Å². The maximum absolute atomic E-state index is 5.30. The topological polar surface area (TPSA) is 30.5 Å². The molecule has 0 aliphatic heterocycles. The molecule has 1 aromatic carbocycles. The molecule has 16 heavy (non-hydrogen) atoms. The highest BCUT2D eigenvalue weighted by Gasteiger charge is 2.05. The number of hydrogen-bond acceptors (Lipinski definition) is 3. The third kappa shape index (κ3) is 3.74. The van der Waals surface area contributed by atoms with Crippen LogP contribution in [-0.4, -0.2) is 27.4 Å². The summed E-state index contributed by atoms with van der Waals surface area (Å²) in [6, 6.07) is 6.12. The SMILES string of the molecule is COCC(C)CNc1cc(C)ccc1OC. The molecule has 0 fully saturated rings. The average Bonchev–Trinajstić information content (AvgIpc) is 2.27. The first-order valence-corrected chi connectivity index (χ1v) is 5.54. The van der Waals surface area contributed by atoms with Crippen LogP contribution in [0.2, 0.25) is 0 Å². The Balaban J connectivity index is 2.61. The zero-order valence-electron chi connectivity index (χ0n) is 10.5. The van der Waals surface area contributed by atoms with E-state index in [9.17, 15) is 0 Å². The normalized spacial score (nSPS) is 12.2. The quantitative estimate of drug-likeness (QED) is 0.804. The molecular formula is C13H21NO2. The van der Waals surface area contributed by atoms with Gasteiger partial charge in [0.15, 0.2) is 0 Å². The lowest BCUT2D eigenvalue weighted by Gasteiger charge is -2.15. The minimum absolute atomic E-state index is 0.482. The summed E-state index contributed by atoms with van der Waals surface area (Å²) in [5.41, 5.74) is 2.27. The third-order valence-corrected chi connectivity index (χ3v) is 2.45. The van der Waals surface area contributed by atoms with Crippen molar-refractivity contribution in [1.82, 2.24) is 0 Å². The molecular weight excluding hydrogens is 202 g/mol. The molecule has 0 amide bonds. The lowest BCUT2D eigenvalue weighted by Crippen LogP contribution is -2.16. The Morgan fingerprint density at radius 3 is 2.69 bits per heavy atom. The molecule has 0 bridgehead atoms. The fourth-order valence-electron chi connectivity index (χ4n) is 1.59. The molecule has 0 saturated carbocycles. The average molecular weight is 223 g/mol. The molecule has 3 nitrogen and oxygen atoms in total. The van der Waals surface area contributed by atoms with Gasteiger partial charge >= 0.3 is 0 Å². The van der Waals surface area contributed by atoms with Gasteiger partial charge in [0.1, 0.15) is 5.75 Å². The Morgan fingerprint density at radius 2 is 2.06 bits per heavy atom.